The summed E-state index contributed by atoms with van der Waals surface area (Å²) >= 11 is 0. The molecule has 2 saturated heterocycles. The molecule has 0 aromatic rings. The third kappa shape index (κ3) is 8.38. The van der Waals surface area contributed by atoms with Crippen LogP contribution in [0.25, 0.3) is 0 Å². The minimum Gasteiger partial charge on any atom is -0.368 e. The van der Waals surface area contributed by atoms with Gasteiger partial charge in [0.1, 0.15) is 18.8 Å². The molecule has 32 heavy (non-hydrogen) atoms. The van der Waals surface area contributed by atoms with Crippen molar-refractivity contribution < 1.29 is 41.8 Å². The maximum atomic E-state index is 12.9. The van der Waals surface area contributed by atoms with E-state index in [0.717, 1.165) is 6.42 Å². The van der Waals surface area contributed by atoms with Crippen molar-refractivity contribution in [1.29, 1.82) is 0 Å². The second-order valence-corrected chi connectivity index (χ2v) is 8.47. The number of hydrogen-bond acceptors (Lipinski definition) is 6. The van der Waals surface area contributed by atoms with Gasteiger partial charge in [-0.05, 0) is 38.0 Å². The normalized spacial score (nSPS) is 23.0. The second kappa shape index (κ2) is 11.6. The summed E-state index contributed by atoms with van der Waals surface area (Å²) in [6.45, 7) is 3.20. The Hall–Kier alpha value is -2.21. The van der Waals surface area contributed by atoms with Gasteiger partial charge in [-0.2, -0.15) is 0 Å². The summed E-state index contributed by atoms with van der Waals surface area (Å²) in [4.78, 5) is 49.6. The molecule has 182 valence electrons. The maximum Gasteiger partial charge on any atom is 0.522 e. The lowest BCUT2D eigenvalue weighted by molar-refractivity contribution is -0.321. The monoisotopic (exact) mass is 465 g/mol. The van der Waals surface area contributed by atoms with Crippen molar-refractivity contribution >= 4 is 23.5 Å². The highest BCUT2D eigenvalue weighted by atomic mass is 19.4. The number of ketones is 1. The number of alkyl halides is 3. The minimum absolute atomic E-state index is 0.00105. The number of carbonyl (C=O) groups is 4. The zero-order valence-corrected chi connectivity index (χ0v) is 18.1. The lowest BCUT2D eigenvalue weighted by Gasteiger charge is -2.26. The largest absolute Gasteiger partial charge is 0.522 e. The van der Waals surface area contributed by atoms with Crippen LogP contribution in [0.3, 0.4) is 0 Å². The van der Waals surface area contributed by atoms with Crippen molar-refractivity contribution in [2.45, 2.75) is 70.5 Å². The summed E-state index contributed by atoms with van der Waals surface area (Å²) in [5.41, 5.74) is 0. The number of nitrogens with one attached hydrogen (secondary N) is 3. The molecule has 2 aliphatic heterocycles. The van der Waals surface area contributed by atoms with E-state index in [0.29, 0.717) is 26.0 Å². The summed E-state index contributed by atoms with van der Waals surface area (Å²) in [5, 5.41) is 7.63. The first-order valence-corrected chi connectivity index (χ1v) is 10.7. The van der Waals surface area contributed by atoms with Gasteiger partial charge in [-0.1, -0.05) is 13.8 Å². The van der Waals surface area contributed by atoms with Gasteiger partial charge >= 0.3 is 6.36 Å². The van der Waals surface area contributed by atoms with Crippen molar-refractivity contribution in [2.75, 3.05) is 19.8 Å². The Morgan fingerprint density at radius 1 is 1.19 bits per heavy atom. The predicted molar refractivity (Wildman–Crippen MR) is 105 cm³/mol. The van der Waals surface area contributed by atoms with Crippen molar-refractivity contribution in [1.82, 2.24) is 16.0 Å². The Bertz CT molecular complexity index is 695. The van der Waals surface area contributed by atoms with Crippen molar-refractivity contribution in [3.8, 4) is 0 Å². The fourth-order valence-electron chi connectivity index (χ4n) is 3.70. The van der Waals surface area contributed by atoms with E-state index in [1.807, 2.05) is 13.8 Å². The molecule has 0 unspecified atom stereocenters. The van der Waals surface area contributed by atoms with Crippen molar-refractivity contribution in [3.63, 3.8) is 0 Å². The number of carbonyl (C=O) groups excluding carboxylic acids is 4. The molecular formula is C20H30F3N3O6. The molecule has 9 nitrogen and oxygen atoms in total. The highest BCUT2D eigenvalue weighted by molar-refractivity contribution is 5.94. The Balaban J connectivity index is 2.09. The smallest absolute Gasteiger partial charge is 0.368 e. The minimum atomic E-state index is -5.01. The average Bonchev–Trinajstić information content (AvgIpc) is 3.36. The molecular weight excluding hydrogens is 435 g/mol. The number of rotatable bonds is 11. The Labute approximate surface area is 184 Å². The highest BCUT2D eigenvalue weighted by Crippen LogP contribution is 2.20. The lowest BCUT2D eigenvalue weighted by atomic mass is 9.95. The molecule has 2 rings (SSSR count). The Morgan fingerprint density at radius 2 is 1.91 bits per heavy atom. The lowest BCUT2D eigenvalue weighted by Crippen LogP contribution is -2.54. The summed E-state index contributed by atoms with van der Waals surface area (Å²) in [6, 6.07) is -2.38. The molecule has 0 aromatic heterocycles. The zero-order chi connectivity index (χ0) is 23.9. The molecule has 0 spiro atoms. The van der Waals surface area contributed by atoms with E-state index in [1.165, 1.54) is 0 Å². The van der Waals surface area contributed by atoms with Gasteiger partial charge in [0.2, 0.25) is 17.7 Å². The number of ether oxygens (including phenoxy) is 2. The van der Waals surface area contributed by atoms with Crippen LogP contribution in [0, 0.1) is 11.8 Å². The van der Waals surface area contributed by atoms with Crippen LogP contribution in [-0.2, 0) is 28.7 Å². The van der Waals surface area contributed by atoms with Gasteiger partial charge in [0.15, 0.2) is 5.78 Å². The molecule has 0 radical (unpaired) electrons. The quantitative estimate of drug-likeness (QED) is 0.415. The standard InChI is InChI=1S/C20H30F3N3O6/c1-11(2)8-14(26-19(30)16-4-3-7-31-16)18(29)25-13(9-12-5-6-24-17(12)28)15(27)10-32-20(21,22)23/h11-14,16H,3-10H2,1-2H3,(H,24,28)(H,25,29)(H,26,30)/t12-,13-,14-,16-/m0/s1. The SMILES string of the molecule is CC(C)C[C@H](NC(=O)[C@@H]1CCCO1)C(=O)N[C@@H](C[C@@H]1CCNC1=O)C(=O)COC(F)(F)F. The Morgan fingerprint density at radius 3 is 2.44 bits per heavy atom. The van der Waals surface area contributed by atoms with Crippen LogP contribution < -0.4 is 16.0 Å². The van der Waals surface area contributed by atoms with Crippen molar-refractivity contribution in [2.24, 2.45) is 11.8 Å². The van der Waals surface area contributed by atoms with Gasteiger partial charge in [-0.3, -0.25) is 23.9 Å². The van der Waals surface area contributed by atoms with Gasteiger partial charge in [0.25, 0.3) is 0 Å². The molecule has 3 N–H and O–H groups in total. The number of hydrogen-bond donors (Lipinski definition) is 3. The predicted octanol–water partition coefficient (Wildman–Crippen LogP) is 0.813. The second-order valence-electron chi connectivity index (χ2n) is 8.47. The average molecular weight is 465 g/mol. The van der Waals surface area contributed by atoms with Crippen LogP contribution in [0.5, 0.6) is 0 Å². The molecule has 2 fully saturated rings. The first kappa shape index (κ1) is 26.0. The van der Waals surface area contributed by atoms with E-state index in [4.69, 9.17) is 4.74 Å². The van der Waals surface area contributed by atoms with Gasteiger partial charge in [-0.25, -0.2) is 0 Å². The van der Waals surface area contributed by atoms with E-state index in [2.05, 4.69) is 20.7 Å². The van der Waals surface area contributed by atoms with Crippen LogP contribution in [0.1, 0.15) is 46.0 Å². The molecule has 2 aliphatic rings. The van der Waals surface area contributed by atoms with Crippen LogP contribution in [0.4, 0.5) is 13.2 Å². The van der Waals surface area contributed by atoms with E-state index in [-0.39, 0.29) is 24.7 Å². The van der Waals surface area contributed by atoms with Crippen LogP contribution in [-0.4, -0.2) is 67.8 Å². The van der Waals surface area contributed by atoms with E-state index < -0.39 is 54.7 Å². The van der Waals surface area contributed by atoms with Crippen LogP contribution in [0.15, 0.2) is 0 Å². The van der Waals surface area contributed by atoms with E-state index in [9.17, 15) is 32.3 Å². The van der Waals surface area contributed by atoms with Crippen LogP contribution in [0.2, 0.25) is 0 Å². The molecule has 3 amide bonds. The Kier molecular flexibility index (Phi) is 9.44. The molecule has 0 saturated carbocycles. The maximum absolute atomic E-state index is 12.9. The molecule has 2 heterocycles. The molecule has 4 atom stereocenters. The van der Waals surface area contributed by atoms with Crippen LogP contribution >= 0.6 is 0 Å². The summed E-state index contributed by atoms with van der Waals surface area (Å²) in [5.74, 6) is -3.14. The first-order chi connectivity index (χ1) is 15.0. The van der Waals surface area contributed by atoms with E-state index in [1.54, 1.807) is 0 Å². The number of halogens is 3. The molecule has 0 bridgehead atoms. The first-order valence-electron chi connectivity index (χ1n) is 10.7. The van der Waals surface area contributed by atoms with Gasteiger partial charge in [0, 0.05) is 19.1 Å². The third-order valence-corrected chi connectivity index (χ3v) is 5.33. The molecule has 0 aliphatic carbocycles. The van der Waals surface area contributed by atoms with Gasteiger partial charge in [0.05, 0.1) is 6.04 Å². The summed E-state index contributed by atoms with van der Waals surface area (Å²) < 4.78 is 46.1. The topological polar surface area (TPSA) is 123 Å². The zero-order valence-electron chi connectivity index (χ0n) is 18.1. The van der Waals surface area contributed by atoms with Gasteiger partial charge in [-0.15, -0.1) is 13.2 Å². The van der Waals surface area contributed by atoms with Crippen molar-refractivity contribution in [3.05, 3.63) is 0 Å². The molecule has 12 heteroatoms. The fraction of sp³-hybridized carbons (Fsp3) is 0.800. The molecule has 0 aromatic carbocycles. The number of Topliss-reactive ketones (excluding diaryl/α,β-unsaturated/α-hetero) is 1. The summed E-state index contributed by atoms with van der Waals surface area (Å²) in [7, 11) is 0. The fourth-order valence-corrected chi connectivity index (χ4v) is 3.70. The number of amides is 3. The van der Waals surface area contributed by atoms with E-state index >= 15 is 0 Å². The summed E-state index contributed by atoms with van der Waals surface area (Å²) in [6.07, 6.45) is -3.96. The highest BCUT2D eigenvalue weighted by Gasteiger charge is 2.36. The third-order valence-electron chi connectivity index (χ3n) is 5.33. The van der Waals surface area contributed by atoms with Gasteiger partial charge < -0.3 is 20.7 Å².